The van der Waals surface area contributed by atoms with Gasteiger partial charge in [0.15, 0.2) is 0 Å². The van der Waals surface area contributed by atoms with Crippen LogP contribution in [0.5, 0.6) is 5.75 Å². The predicted octanol–water partition coefficient (Wildman–Crippen LogP) is 7.39. The van der Waals surface area contributed by atoms with Crippen LogP contribution in [0.15, 0.2) is 72.9 Å². The molecular weight excluding hydrogens is 505 g/mol. The molecule has 1 aromatic heterocycles. The van der Waals surface area contributed by atoms with E-state index in [0.29, 0.717) is 40.0 Å². The third kappa shape index (κ3) is 6.77. The van der Waals surface area contributed by atoms with Crippen molar-refractivity contribution in [3.63, 3.8) is 0 Å². The number of anilines is 3. The van der Waals surface area contributed by atoms with Gasteiger partial charge in [-0.2, -0.15) is 0 Å². The Morgan fingerprint density at radius 1 is 0.973 bits per heavy atom. The number of rotatable bonds is 7. The van der Waals surface area contributed by atoms with E-state index in [2.05, 4.69) is 25.3 Å². The molecule has 0 aliphatic rings. The first-order valence-corrected chi connectivity index (χ1v) is 11.7. The molecule has 190 valence electrons. The second-order valence-corrected chi connectivity index (χ2v) is 8.50. The second kappa shape index (κ2) is 10.9. The second-order valence-electron chi connectivity index (χ2n) is 8.24. The zero-order valence-corrected chi connectivity index (χ0v) is 20.6. The van der Waals surface area contributed by atoms with E-state index in [0.717, 1.165) is 16.7 Å². The van der Waals surface area contributed by atoms with Crippen LogP contribution in [-0.4, -0.2) is 22.2 Å². The highest BCUT2D eigenvalue weighted by Gasteiger charge is 2.31. The molecule has 0 saturated carbocycles. The minimum Gasteiger partial charge on any atom is -0.406 e. The molecule has 0 fully saturated rings. The zero-order chi connectivity index (χ0) is 26.6. The predicted molar refractivity (Wildman–Crippen MR) is 137 cm³/mol. The van der Waals surface area contributed by atoms with E-state index in [4.69, 9.17) is 11.6 Å². The topological polar surface area (TPSA) is 76.1 Å². The van der Waals surface area contributed by atoms with Crippen molar-refractivity contribution in [3.8, 4) is 17.0 Å². The largest absolute Gasteiger partial charge is 0.573 e. The van der Waals surface area contributed by atoms with Gasteiger partial charge in [-0.05, 0) is 85.1 Å². The van der Waals surface area contributed by atoms with Gasteiger partial charge in [0.05, 0.1) is 5.69 Å². The summed E-state index contributed by atoms with van der Waals surface area (Å²) < 4.78 is 41.2. The maximum Gasteiger partial charge on any atom is 0.573 e. The third-order valence-corrected chi connectivity index (χ3v) is 5.75. The van der Waals surface area contributed by atoms with Gasteiger partial charge < -0.3 is 15.4 Å². The van der Waals surface area contributed by atoms with Crippen LogP contribution < -0.4 is 15.4 Å². The lowest BCUT2D eigenvalue weighted by Crippen LogP contribution is -2.16. The Morgan fingerprint density at radius 2 is 1.68 bits per heavy atom. The SMILES string of the molecule is Cc1ccc(CCl)cc1NC(=O)c1ccc(Nc2ncc(C)c(-c3ccc(OC(F)(F)F)cc3)n2)cc1. The molecule has 10 heteroatoms. The van der Waals surface area contributed by atoms with Crippen molar-refractivity contribution >= 4 is 34.8 Å². The van der Waals surface area contributed by atoms with Crippen molar-refractivity contribution in [2.75, 3.05) is 10.6 Å². The van der Waals surface area contributed by atoms with Crippen molar-refractivity contribution in [2.45, 2.75) is 26.1 Å². The lowest BCUT2D eigenvalue weighted by atomic mass is 10.1. The van der Waals surface area contributed by atoms with E-state index in [1.807, 2.05) is 25.1 Å². The van der Waals surface area contributed by atoms with Crippen LogP contribution in [0.3, 0.4) is 0 Å². The van der Waals surface area contributed by atoms with Crippen molar-refractivity contribution in [3.05, 3.63) is 95.2 Å². The number of carbonyl (C=O) groups excluding carboxylic acids is 1. The quantitative estimate of drug-likeness (QED) is 0.245. The van der Waals surface area contributed by atoms with Gasteiger partial charge in [0.25, 0.3) is 5.91 Å². The van der Waals surface area contributed by atoms with Crippen molar-refractivity contribution in [1.29, 1.82) is 0 Å². The van der Waals surface area contributed by atoms with Crippen molar-refractivity contribution in [2.24, 2.45) is 0 Å². The molecule has 0 unspecified atom stereocenters. The molecule has 6 nitrogen and oxygen atoms in total. The summed E-state index contributed by atoms with van der Waals surface area (Å²) in [5.41, 5.74) is 5.56. The number of nitrogens with zero attached hydrogens (tertiary/aromatic N) is 2. The maximum atomic E-state index is 12.7. The number of benzene rings is 3. The Hall–Kier alpha value is -4.11. The molecule has 1 amide bonds. The van der Waals surface area contributed by atoms with Crippen LogP contribution in [0.25, 0.3) is 11.3 Å². The van der Waals surface area contributed by atoms with Crippen molar-refractivity contribution < 1.29 is 22.7 Å². The Labute approximate surface area is 216 Å². The molecule has 0 bridgehead atoms. The van der Waals surface area contributed by atoms with E-state index in [1.54, 1.807) is 37.4 Å². The van der Waals surface area contributed by atoms with Gasteiger partial charge in [0, 0.05) is 34.6 Å². The summed E-state index contributed by atoms with van der Waals surface area (Å²) in [4.78, 5) is 21.5. The fourth-order valence-electron chi connectivity index (χ4n) is 3.52. The summed E-state index contributed by atoms with van der Waals surface area (Å²) in [7, 11) is 0. The first-order valence-electron chi connectivity index (χ1n) is 11.1. The summed E-state index contributed by atoms with van der Waals surface area (Å²) in [5.74, 6) is 0.0758. The van der Waals surface area contributed by atoms with E-state index in [-0.39, 0.29) is 11.7 Å². The number of aryl methyl sites for hydroxylation is 2. The average molecular weight is 527 g/mol. The number of ether oxygens (including phenoxy) is 1. The summed E-state index contributed by atoms with van der Waals surface area (Å²) in [6.45, 7) is 3.71. The summed E-state index contributed by atoms with van der Waals surface area (Å²) in [6, 6.07) is 17.9. The molecule has 1 heterocycles. The van der Waals surface area contributed by atoms with Gasteiger partial charge in [-0.1, -0.05) is 12.1 Å². The molecule has 4 aromatic rings. The van der Waals surface area contributed by atoms with Gasteiger partial charge in [-0.15, -0.1) is 24.8 Å². The Kier molecular flexibility index (Phi) is 7.63. The van der Waals surface area contributed by atoms with Crippen LogP contribution >= 0.6 is 11.6 Å². The third-order valence-electron chi connectivity index (χ3n) is 5.44. The van der Waals surface area contributed by atoms with Gasteiger partial charge in [-0.25, -0.2) is 9.97 Å². The Balaban J connectivity index is 1.46. The number of alkyl halides is 4. The number of hydrogen-bond donors (Lipinski definition) is 2. The normalized spacial score (nSPS) is 11.2. The molecular formula is C27H22ClF3N4O2. The van der Waals surface area contributed by atoms with Crippen LogP contribution in [0.4, 0.5) is 30.5 Å². The van der Waals surface area contributed by atoms with E-state index < -0.39 is 6.36 Å². The maximum absolute atomic E-state index is 12.7. The molecule has 0 atom stereocenters. The smallest absolute Gasteiger partial charge is 0.406 e. The molecule has 0 saturated heterocycles. The fraction of sp³-hybridized carbons (Fsp3) is 0.148. The summed E-state index contributed by atoms with van der Waals surface area (Å²) in [5, 5.41) is 5.99. The molecule has 0 spiro atoms. The summed E-state index contributed by atoms with van der Waals surface area (Å²) in [6.07, 6.45) is -3.14. The van der Waals surface area contributed by atoms with E-state index in [9.17, 15) is 18.0 Å². The van der Waals surface area contributed by atoms with Crippen molar-refractivity contribution in [1.82, 2.24) is 9.97 Å². The van der Waals surface area contributed by atoms with Gasteiger partial charge in [-0.3, -0.25) is 4.79 Å². The lowest BCUT2D eigenvalue weighted by molar-refractivity contribution is -0.274. The summed E-state index contributed by atoms with van der Waals surface area (Å²) >= 11 is 5.90. The minimum absolute atomic E-state index is 0.256. The number of nitrogens with one attached hydrogen (secondary N) is 2. The number of hydrogen-bond acceptors (Lipinski definition) is 5. The van der Waals surface area contributed by atoms with Crippen LogP contribution in [-0.2, 0) is 5.88 Å². The number of amides is 1. The van der Waals surface area contributed by atoms with E-state index in [1.165, 1.54) is 24.3 Å². The van der Waals surface area contributed by atoms with Crippen LogP contribution in [0, 0.1) is 13.8 Å². The van der Waals surface area contributed by atoms with E-state index >= 15 is 0 Å². The first-order chi connectivity index (χ1) is 17.6. The monoisotopic (exact) mass is 526 g/mol. The zero-order valence-electron chi connectivity index (χ0n) is 19.9. The Morgan fingerprint density at radius 3 is 2.32 bits per heavy atom. The minimum atomic E-state index is -4.76. The van der Waals surface area contributed by atoms with Crippen LogP contribution in [0.1, 0.15) is 27.0 Å². The highest BCUT2D eigenvalue weighted by Crippen LogP contribution is 2.28. The number of halogens is 4. The van der Waals surface area contributed by atoms with Crippen LogP contribution in [0.2, 0.25) is 0 Å². The van der Waals surface area contributed by atoms with Gasteiger partial charge in [0.2, 0.25) is 5.95 Å². The molecule has 0 aliphatic carbocycles. The van der Waals surface area contributed by atoms with Gasteiger partial charge >= 0.3 is 6.36 Å². The average Bonchev–Trinajstić information content (AvgIpc) is 2.86. The molecule has 4 rings (SSSR count). The fourth-order valence-corrected chi connectivity index (χ4v) is 3.69. The number of aromatic nitrogens is 2. The standard InChI is InChI=1S/C27H22ClF3N4O2/c1-16-3-4-18(14-28)13-23(16)34-25(36)20-5-9-21(10-6-20)33-26-32-15-17(2)24(35-26)19-7-11-22(12-8-19)37-27(29,30)31/h3-13,15H,14H2,1-2H3,(H,34,36)(H,32,33,35). The molecule has 2 N–H and O–H groups in total. The molecule has 37 heavy (non-hydrogen) atoms. The Bertz CT molecular complexity index is 1410. The van der Waals surface area contributed by atoms with Gasteiger partial charge in [0.1, 0.15) is 5.75 Å². The number of carbonyl (C=O) groups is 1. The molecule has 0 aliphatic heterocycles. The lowest BCUT2D eigenvalue weighted by Gasteiger charge is -2.12. The highest BCUT2D eigenvalue weighted by molar-refractivity contribution is 6.17. The highest BCUT2D eigenvalue weighted by atomic mass is 35.5. The molecule has 0 radical (unpaired) electrons. The molecule has 3 aromatic carbocycles. The first kappa shape index (κ1) is 26.0.